The third-order valence-electron chi connectivity index (χ3n) is 3.63. The molecule has 26 heavy (non-hydrogen) atoms. The molecule has 0 atom stereocenters. The maximum atomic E-state index is 12.4. The summed E-state index contributed by atoms with van der Waals surface area (Å²) in [7, 11) is 0. The van der Waals surface area contributed by atoms with Gasteiger partial charge in [0.05, 0.1) is 17.2 Å². The number of amides is 1. The molecule has 2 aromatic carbocycles. The summed E-state index contributed by atoms with van der Waals surface area (Å²) < 4.78 is 12.1. The molecule has 0 aliphatic rings. The van der Waals surface area contributed by atoms with Gasteiger partial charge in [0.2, 0.25) is 0 Å². The highest BCUT2D eigenvalue weighted by Gasteiger charge is 2.10. The topological polar surface area (TPSA) is 47.6 Å². The monoisotopic (exact) mass is 419 g/mol. The van der Waals surface area contributed by atoms with E-state index >= 15 is 0 Å². The zero-order valence-corrected chi connectivity index (χ0v) is 17.3. The third-order valence-corrected chi connectivity index (χ3v) is 4.25. The van der Waals surface area contributed by atoms with Crippen LogP contribution in [0.3, 0.4) is 0 Å². The largest absolute Gasteiger partial charge is 0.494 e. The van der Waals surface area contributed by atoms with E-state index in [-0.39, 0.29) is 12.0 Å². The first-order valence-electron chi connectivity index (χ1n) is 8.85. The van der Waals surface area contributed by atoms with E-state index in [1.54, 1.807) is 18.2 Å². The van der Waals surface area contributed by atoms with Crippen LogP contribution in [0.4, 0.5) is 5.69 Å². The van der Waals surface area contributed by atoms with E-state index in [1.165, 1.54) is 0 Å². The molecule has 0 aromatic heterocycles. The molecular weight excluding hydrogens is 394 g/mol. The van der Waals surface area contributed by atoms with Crippen molar-refractivity contribution in [2.45, 2.75) is 40.2 Å². The second-order valence-electron chi connectivity index (χ2n) is 6.82. The van der Waals surface area contributed by atoms with Gasteiger partial charge in [0.15, 0.2) is 0 Å². The van der Waals surface area contributed by atoms with Crippen LogP contribution in [0.2, 0.25) is 0 Å². The highest BCUT2D eigenvalue weighted by molar-refractivity contribution is 9.10. The van der Waals surface area contributed by atoms with Crippen LogP contribution < -0.4 is 14.8 Å². The summed E-state index contributed by atoms with van der Waals surface area (Å²) in [5.41, 5.74) is 1.29. The Labute approximate surface area is 164 Å². The Balaban J connectivity index is 1.95. The Morgan fingerprint density at radius 1 is 1.08 bits per heavy atom. The summed E-state index contributed by atoms with van der Waals surface area (Å²) in [6.07, 6.45) is 1.09. The minimum absolute atomic E-state index is 0.0762. The predicted molar refractivity (Wildman–Crippen MR) is 109 cm³/mol. The van der Waals surface area contributed by atoms with Gasteiger partial charge in [0.1, 0.15) is 11.5 Å². The Hall–Kier alpha value is -2.01. The maximum Gasteiger partial charge on any atom is 0.255 e. The first-order valence-corrected chi connectivity index (χ1v) is 9.65. The molecule has 0 saturated carbocycles. The van der Waals surface area contributed by atoms with Crippen LogP contribution in [-0.4, -0.2) is 18.6 Å². The molecule has 2 aromatic rings. The van der Waals surface area contributed by atoms with Crippen LogP contribution in [-0.2, 0) is 0 Å². The van der Waals surface area contributed by atoms with Gasteiger partial charge in [0.25, 0.3) is 5.91 Å². The van der Waals surface area contributed by atoms with Crippen LogP contribution in [0.15, 0.2) is 46.9 Å². The van der Waals surface area contributed by atoms with E-state index in [0.29, 0.717) is 18.1 Å². The number of hydrogen-bond donors (Lipinski definition) is 1. The van der Waals surface area contributed by atoms with E-state index in [9.17, 15) is 4.79 Å². The van der Waals surface area contributed by atoms with Gasteiger partial charge < -0.3 is 14.8 Å². The predicted octanol–water partition coefficient (Wildman–Crippen LogP) is 5.91. The van der Waals surface area contributed by atoms with Crippen LogP contribution >= 0.6 is 15.9 Å². The molecule has 0 aliphatic carbocycles. The summed E-state index contributed by atoms with van der Waals surface area (Å²) >= 11 is 3.45. The van der Waals surface area contributed by atoms with Crippen molar-refractivity contribution in [2.75, 3.05) is 11.9 Å². The number of carbonyl (C=O) groups excluding carboxylic acids is 1. The van der Waals surface area contributed by atoms with Gasteiger partial charge in [-0.2, -0.15) is 0 Å². The second kappa shape index (κ2) is 9.62. The summed E-state index contributed by atoms with van der Waals surface area (Å²) in [5.74, 6) is 1.97. The fourth-order valence-electron chi connectivity index (χ4n) is 2.24. The van der Waals surface area contributed by atoms with Gasteiger partial charge in [0, 0.05) is 11.3 Å². The third kappa shape index (κ3) is 6.37. The van der Waals surface area contributed by atoms with Crippen molar-refractivity contribution >= 4 is 27.5 Å². The van der Waals surface area contributed by atoms with Crippen molar-refractivity contribution in [2.24, 2.45) is 5.92 Å². The molecule has 4 nitrogen and oxygen atoms in total. The molecule has 0 heterocycles. The van der Waals surface area contributed by atoms with Crippen molar-refractivity contribution < 1.29 is 14.3 Å². The minimum Gasteiger partial charge on any atom is -0.494 e. The Morgan fingerprint density at radius 2 is 1.77 bits per heavy atom. The average Bonchev–Trinajstić information content (AvgIpc) is 2.57. The molecular formula is C21H26BrNO3. The zero-order chi connectivity index (χ0) is 19.1. The summed E-state index contributed by atoms with van der Waals surface area (Å²) in [6.45, 7) is 8.96. The van der Waals surface area contributed by atoms with Gasteiger partial charge in [-0.15, -0.1) is 0 Å². The molecule has 0 spiro atoms. The van der Waals surface area contributed by atoms with Crippen molar-refractivity contribution in [3.63, 3.8) is 0 Å². The summed E-state index contributed by atoms with van der Waals surface area (Å²) in [6, 6.07) is 12.7. The molecule has 5 heteroatoms. The second-order valence-corrected chi connectivity index (χ2v) is 7.68. The lowest BCUT2D eigenvalue weighted by molar-refractivity contribution is 0.102. The lowest BCUT2D eigenvalue weighted by Gasteiger charge is -2.13. The molecule has 0 saturated heterocycles. The van der Waals surface area contributed by atoms with E-state index in [2.05, 4.69) is 35.1 Å². The Morgan fingerprint density at radius 3 is 2.35 bits per heavy atom. The molecule has 0 bridgehead atoms. The molecule has 1 amide bonds. The number of halogens is 1. The van der Waals surface area contributed by atoms with Gasteiger partial charge in [-0.3, -0.25) is 4.79 Å². The molecule has 0 aliphatic heterocycles. The zero-order valence-electron chi connectivity index (χ0n) is 15.7. The lowest BCUT2D eigenvalue weighted by atomic mass is 10.1. The van der Waals surface area contributed by atoms with Crippen molar-refractivity contribution in [3.05, 3.63) is 52.5 Å². The van der Waals surface area contributed by atoms with E-state index in [4.69, 9.17) is 9.47 Å². The quantitative estimate of drug-likeness (QED) is 0.577. The minimum atomic E-state index is -0.171. The normalized spacial score (nSPS) is 10.9. The van der Waals surface area contributed by atoms with Crippen LogP contribution in [0.25, 0.3) is 0 Å². The van der Waals surface area contributed by atoms with Crippen molar-refractivity contribution in [3.8, 4) is 11.5 Å². The summed E-state index contributed by atoms with van der Waals surface area (Å²) in [5, 5.41) is 2.89. The Bertz CT molecular complexity index is 727. The first kappa shape index (κ1) is 20.3. The maximum absolute atomic E-state index is 12.4. The SMILES string of the molecule is CC(C)CCOc1ccc(NC(=O)c2ccc(OC(C)C)c(Br)c2)cc1. The molecule has 0 radical (unpaired) electrons. The summed E-state index contributed by atoms with van der Waals surface area (Å²) in [4.78, 5) is 12.4. The van der Waals surface area contributed by atoms with Gasteiger partial charge in [-0.25, -0.2) is 0 Å². The van der Waals surface area contributed by atoms with Gasteiger partial charge in [-0.05, 0) is 84.6 Å². The van der Waals surface area contributed by atoms with Crippen molar-refractivity contribution in [1.29, 1.82) is 0 Å². The van der Waals surface area contributed by atoms with Crippen LogP contribution in [0, 0.1) is 5.92 Å². The van der Waals surface area contributed by atoms with Crippen molar-refractivity contribution in [1.82, 2.24) is 0 Å². The average molecular weight is 420 g/mol. The standard InChI is InChI=1S/C21H26BrNO3/c1-14(2)11-12-25-18-8-6-17(7-9-18)23-21(24)16-5-10-20(19(22)13-16)26-15(3)4/h5-10,13-15H,11-12H2,1-4H3,(H,23,24). The first-order chi connectivity index (χ1) is 12.3. The smallest absolute Gasteiger partial charge is 0.255 e. The molecule has 0 fully saturated rings. The highest BCUT2D eigenvalue weighted by atomic mass is 79.9. The number of anilines is 1. The van der Waals surface area contributed by atoms with E-state index in [1.807, 2.05) is 38.1 Å². The Kier molecular flexibility index (Phi) is 7.51. The molecule has 2 rings (SSSR count). The number of benzene rings is 2. The van der Waals surface area contributed by atoms with Gasteiger partial charge in [-0.1, -0.05) is 13.8 Å². The van der Waals surface area contributed by atoms with E-state index < -0.39 is 0 Å². The van der Waals surface area contributed by atoms with Crippen LogP contribution in [0.1, 0.15) is 44.5 Å². The highest BCUT2D eigenvalue weighted by Crippen LogP contribution is 2.27. The number of nitrogens with one attached hydrogen (secondary N) is 1. The van der Waals surface area contributed by atoms with E-state index in [0.717, 1.165) is 28.1 Å². The fraction of sp³-hybridized carbons (Fsp3) is 0.381. The number of ether oxygens (including phenoxy) is 2. The molecule has 140 valence electrons. The number of carbonyl (C=O) groups is 1. The lowest BCUT2D eigenvalue weighted by Crippen LogP contribution is -2.12. The fourth-order valence-corrected chi connectivity index (χ4v) is 2.71. The molecule has 0 unspecified atom stereocenters. The number of rotatable bonds is 8. The van der Waals surface area contributed by atoms with Crippen LogP contribution in [0.5, 0.6) is 11.5 Å². The number of hydrogen-bond acceptors (Lipinski definition) is 3. The van der Waals surface area contributed by atoms with Gasteiger partial charge >= 0.3 is 0 Å². The molecule has 1 N–H and O–H groups in total.